The van der Waals surface area contributed by atoms with Gasteiger partial charge in [0.1, 0.15) is 0 Å². The average Bonchev–Trinajstić information content (AvgIpc) is 2.26. The van der Waals surface area contributed by atoms with Crippen LogP contribution in [0, 0.1) is 5.92 Å². The first-order chi connectivity index (χ1) is 7.88. The smallest absolute Gasteiger partial charge is 0.422 e. The van der Waals surface area contributed by atoms with Crippen molar-refractivity contribution in [3.63, 3.8) is 0 Å². The summed E-state index contributed by atoms with van der Waals surface area (Å²) in [4.78, 5) is 12.4. The van der Waals surface area contributed by atoms with Gasteiger partial charge in [-0.05, 0) is 12.8 Å². The molecular weight excluding hydrogens is 239 g/mol. The van der Waals surface area contributed by atoms with Crippen LogP contribution in [0.2, 0.25) is 0 Å². The number of amides is 1. The van der Waals surface area contributed by atoms with Crippen molar-refractivity contribution in [2.45, 2.75) is 19.0 Å². The van der Waals surface area contributed by atoms with Crippen LogP contribution in [0.3, 0.4) is 0 Å². The number of carbonyl (C=O) groups is 1. The van der Waals surface area contributed by atoms with Crippen LogP contribution in [-0.4, -0.2) is 50.6 Å². The lowest BCUT2D eigenvalue weighted by Gasteiger charge is -2.26. The molecule has 1 aliphatic rings. The van der Waals surface area contributed by atoms with E-state index in [1.165, 1.54) is 7.05 Å². The minimum atomic E-state index is -4.48. The molecule has 1 aliphatic heterocycles. The summed E-state index contributed by atoms with van der Waals surface area (Å²) in [6, 6.07) is 0. The van der Waals surface area contributed by atoms with E-state index in [0.717, 1.165) is 17.7 Å². The topological polar surface area (TPSA) is 38.8 Å². The van der Waals surface area contributed by atoms with Crippen LogP contribution >= 0.6 is 0 Å². The Morgan fingerprint density at radius 3 is 2.76 bits per heavy atom. The van der Waals surface area contributed by atoms with E-state index in [1.54, 1.807) is 0 Å². The summed E-state index contributed by atoms with van der Waals surface area (Å²) in [7, 11) is 1.42. The molecule has 0 aromatic carbocycles. The standard InChI is InChI=1S/C10H16F3NO3/c1-14(5-8-3-2-4-16-6-8)9(15)17-7-10(11,12)13/h8H,2-7H2,1H3. The number of ether oxygens (including phenoxy) is 2. The largest absolute Gasteiger partial charge is 0.440 e. The minimum Gasteiger partial charge on any atom is -0.440 e. The van der Waals surface area contributed by atoms with Crippen LogP contribution < -0.4 is 0 Å². The van der Waals surface area contributed by atoms with Gasteiger partial charge in [-0.1, -0.05) is 0 Å². The van der Waals surface area contributed by atoms with Gasteiger partial charge in [-0.3, -0.25) is 0 Å². The van der Waals surface area contributed by atoms with Gasteiger partial charge in [-0.2, -0.15) is 13.2 Å². The molecule has 1 atom stereocenters. The number of nitrogens with zero attached hydrogens (tertiary/aromatic N) is 1. The fraction of sp³-hybridized carbons (Fsp3) is 0.900. The molecule has 1 fully saturated rings. The number of rotatable bonds is 3. The predicted molar refractivity (Wildman–Crippen MR) is 53.6 cm³/mol. The Morgan fingerprint density at radius 2 is 2.24 bits per heavy atom. The Labute approximate surface area is 97.7 Å². The Hall–Kier alpha value is -0.980. The van der Waals surface area contributed by atoms with Gasteiger partial charge in [-0.15, -0.1) is 0 Å². The van der Waals surface area contributed by atoms with Crippen molar-refractivity contribution in [1.82, 2.24) is 4.90 Å². The number of carbonyl (C=O) groups excluding carboxylic acids is 1. The molecule has 1 rings (SSSR count). The molecule has 0 spiro atoms. The molecule has 0 aromatic rings. The van der Waals surface area contributed by atoms with Crippen molar-refractivity contribution in [3.05, 3.63) is 0 Å². The molecule has 0 N–H and O–H groups in total. The summed E-state index contributed by atoms with van der Waals surface area (Å²) in [5.74, 6) is 0.173. The zero-order chi connectivity index (χ0) is 12.9. The zero-order valence-corrected chi connectivity index (χ0v) is 9.63. The summed E-state index contributed by atoms with van der Waals surface area (Å²) in [6.45, 7) is 0.0592. The Morgan fingerprint density at radius 1 is 1.53 bits per heavy atom. The maximum Gasteiger partial charge on any atom is 0.422 e. The minimum absolute atomic E-state index is 0.173. The van der Waals surface area contributed by atoms with Gasteiger partial charge in [0.05, 0.1) is 6.61 Å². The van der Waals surface area contributed by atoms with E-state index in [9.17, 15) is 18.0 Å². The van der Waals surface area contributed by atoms with Gasteiger partial charge in [0.15, 0.2) is 6.61 Å². The fourth-order valence-corrected chi connectivity index (χ4v) is 1.67. The van der Waals surface area contributed by atoms with Crippen molar-refractivity contribution in [3.8, 4) is 0 Å². The van der Waals surface area contributed by atoms with Gasteiger partial charge < -0.3 is 14.4 Å². The highest BCUT2D eigenvalue weighted by Crippen LogP contribution is 2.17. The monoisotopic (exact) mass is 255 g/mol. The van der Waals surface area contributed by atoms with Crippen molar-refractivity contribution < 1.29 is 27.4 Å². The van der Waals surface area contributed by atoms with E-state index in [4.69, 9.17) is 4.74 Å². The molecule has 17 heavy (non-hydrogen) atoms. The summed E-state index contributed by atoms with van der Waals surface area (Å²) in [5.41, 5.74) is 0. The molecule has 0 bridgehead atoms. The predicted octanol–water partition coefficient (Wildman–Crippen LogP) is 2.04. The zero-order valence-electron chi connectivity index (χ0n) is 9.63. The molecule has 1 saturated heterocycles. The molecule has 4 nitrogen and oxygen atoms in total. The number of alkyl halides is 3. The van der Waals surface area contributed by atoms with Gasteiger partial charge in [0.25, 0.3) is 0 Å². The molecule has 0 aromatic heterocycles. The third-order valence-corrected chi connectivity index (χ3v) is 2.46. The van der Waals surface area contributed by atoms with Crippen LogP contribution in [0.15, 0.2) is 0 Å². The summed E-state index contributed by atoms with van der Waals surface area (Å²) in [5, 5.41) is 0. The summed E-state index contributed by atoms with van der Waals surface area (Å²) < 4.78 is 44.8. The Balaban J connectivity index is 2.26. The quantitative estimate of drug-likeness (QED) is 0.774. The van der Waals surface area contributed by atoms with Crippen LogP contribution in [0.25, 0.3) is 0 Å². The van der Waals surface area contributed by atoms with Crippen molar-refractivity contribution in [2.24, 2.45) is 5.92 Å². The molecule has 1 heterocycles. The Bertz CT molecular complexity index is 252. The highest BCUT2D eigenvalue weighted by molar-refractivity contribution is 5.67. The summed E-state index contributed by atoms with van der Waals surface area (Å²) in [6.07, 6.45) is -3.61. The molecule has 1 amide bonds. The molecule has 0 aliphatic carbocycles. The number of halogens is 3. The van der Waals surface area contributed by atoms with E-state index in [2.05, 4.69) is 4.74 Å². The molecule has 0 saturated carbocycles. The highest BCUT2D eigenvalue weighted by Gasteiger charge is 2.30. The van der Waals surface area contributed by atoms with E-state index in [1.807, 2.05) is 0 Å². The lowest BCUT2D eigenvalue weighted by molar-refractivity contribution is -0.162. The van der Waals surface area contributed by atoms with Gasteiger partial charge in [-0.25, -0.2) is 4.79 Å². The van der Waals surface area contributed by atoms with E-state index < -0.39 is 18.9 Å². The van der Waals surface area contributed by atoms with Gasteiger partial charge in [0, 0.05) is 26.1 Å². The van der Waals surface area contributed by atoms with Crippen LogP contribution in [-0.2, 0) is 9.47 Å². The first-order valence-electron chi connectivity index (χ1n) is 5.41. The highest BCUT2D eigenvalue weighted by atomic mass is 19.4. The second kappa shape index (κ2) is 6.09. The lowest BCUT2D eigenvalue weighted by Crippen LogP contribution is -2.36. The first kappa shape index (κ1) is 14.1. The van der Waals surface area contributed by atoms with Crippen LogP contribution in [0.5, 0.6) is 0 Å². The van der Waals surface area contributed by atoms with E-state index >= 15 is 0 Å². The van der Waals surface area contributed by atoms with Crippen LogP contribution in [0.4, 0.5) is 18.0 Å². The number of hydrogen-bond donors (Lipinski definition) is 0. The second-order valence-corrected chi connectivity index (χ2v) is 4.13. The van der Waals surface area contributed by atoms with E-state index in [0.29, 0.717) is 19.8 Å². The molecular formula is C10H16F3NO3. The lowest BCUT2D eigenvalue weighted by atomic mass is 10.0. The third kappa shape index (κ3) is 5.76. The SMILES string of the molecule is CN(CC1CCCOC1)C(=O)OCC(F)(F)F. The molecule has 0 radical (unpaired) electrons. The van der Waals surface area contributed by atoms with Gasteiger partial charge >= 0.3 is 12.3 Å². The first-order valence-corrected chi connectivity index (χ1v) is 5.41. The summed E-state index contributed by atoms with van der Waals surface area (Å²) >= 11 is 0. The third-order valence-electron chi connectivity index (χ3n) is 2.46. The maximum atomic E-state index is 11.8. The maximum absolute atomic E-state index is 11.8. The van der Waals surface area contributed by atoms with E-state index in [-0.39, 0.29) is 5.92 Å². The average molecular weight is 255 g/mol. The van der Waals surface area contributed by atoms with Crippen molar-refractivity contribution in [1.29, 1.82) is 0 Å². The fourth-order valence-electron chi connectivity index (χ4n) is 1.67. The molecule has 100 valence electrons. The second-order valence-electron chi connectivity index (χ2n) is 4.13. The molecule has 1 unspecified atom stereocenters. The van der Waals surface area contributed by atoms with Crippen LogP contribution in [0.1, 0.15) is 12.8 Å². The van der Waals surface area contributed by atoms with Crippen molar-refractivity contribution >= 4 is 6.09 Å². The normalized spacial score (nSPS) is 21.1. The Kier molecular flexibility index (Phi) is 5.04. The number of hydrogen-bond acceptors (Lipinski definition) is 3. The van der Waals surface area contributed by atoms with Gasteiger partial charge in [0.2, 0.25) is 0 Å². The van der Waals surface area contributed by atoms with Crippen molar-refractivity contribution in [2.75, 3.05) is 33.4 Å². The molecule has 7 heteroatoms.